The predicted molar refractivity (Wildman–Crippen MR) is 86.6 cm³/mol. The topological polar surface area (TPSA) is 125 Å². The van der Waals surface area contributed by atoms with Gasteiger partial charge in [-0.25, -0.2) is 13.2 Å². The van der Waals surface area contributed by atoms with Gasteiger partial charge in [0.25, 0.3) is 5.91 Å². The van der Waals surface area contributed by atoms with E-state index >= 15 is 0 Å². The van der Waals surface area contributed by atoms with E-state index in [1.54, 1.807) is 0 Å². The van der Waals surface area contributed by atoms with Crippen molar-refractivity contribution in [2.75, 3.05) is 33.4 Å². The second kappa shape index (κ2) is 7.81. The molecule has 0 unspecified atom stereocenters. The van der Waals surface area contributed by atoms with E-state index in [-0.39, 0.29) is 29.3 Å². The second-order valence-corrected chi connectivity index (χ2v) is 7.24. The van der Waals surface area contributed by atoms with Crippen molar-refractivity contribution in [1.82, 2.24) is 4.31 Å². The lowest BCUT2D eigenvalue weighted by molar-refractivity contribution is -0.125. The third kappa shape index (κ3) is 4.27. The van der Waals surface area contributed by atoms with Crippen LogP contribution in [0.5, 0.6) is 5.75 Å². The van der Waals surface area contributed by atoms with Gasteiger partial charge in [0.15, 0.2) is 6.10 Å². The minimum atomic E-state index is -3.88. The lowest BCUT2D eigenvalue weighted by atomic mass is 10.2. The number of carbonyl (C=O) groups is 2. The van der Waals surface area contributed by atoms with E-state index in [0.29, 0.717) is 13.2 Å². The molecule has 0 aromatic heterocycles. The Hall–Kier alpha value is -2.17. The van der Waals surface area contributed by atoms with Crippen molar-refractivity contribution >= 4 is 21.9 Å². The SMILES string of the molecule is COc1ccc(C(=O)O[C@@H](C)C(N)=O)cc1S(=O)(=O)N1CCOCC1. The summed E-state index contributed by atoms with van der Waals surface area (Å²) in [6, 6.07) is 3.88. The van der Waals surface area contributed by atoms with Gasteiger partial charge < -0.3 is 19.9 Å². The van der Waals surface area contributed by atoms with Crippen LogP contribution in [0.15, 0.2) is 23.1 Å². The Morgan fingerprint density at radius 2 is 1.92 bits per heavy atom. The summed E-state index contributed by atoms with van der Waals surface area (Å²) in [6.45, 7) is 2.33. The van der Waals surface area contributed by atoms with E-state index in [0.717, 1.165) is 0 Å². The normalized spacial score (nSPS) is 16.9. The number of hydrogen-bond acceptors (Lipinski definition) is 7. The number of carbonyl (C=O) groups excluding carboxylic acids is 2. The van der Waals surface area contributed by atoms with Crippen LogP contribution in [0.25, 0.3) is 0 Å². The monoisotopic (exact) mass is 372 g/mol. The highest BCUT2D eigenvalue weighted by molar-refractivity contribution is 7.89. The molecular formula is C15H20N2O7S. The molecular weight excluding hydrogens is 352 g/mol. The van der Waals surface area contributed by atoms with Gasteiger partial charge in [-0.15, -0.1) is 0 Å². The van der Waals surface area contributed by atoms with E-state index in [1.807, 2.05) is 0 Å². The highest BCUT2D eigenvalue weighted by Gasteiger charge is 2.30. The summed E-state index contributed by atoms with van der Waals surface area (Å²) in [7, 11) is -2.54. The number of rotatable bonds is 6. The maximum atomic E-state index is 12.8. The van der Waals surface area contributed by atoms with E-state index in [2.05, 4.69) is 0 Å². The van der Waals surface area contributed by atoms with Crippen LogP contribution in [0.1, 0.15) is 17.3 Å². The molecule has 1 fully saturated rings. The molecule has 138 valence electrons. The number of amides is 1. The van der Waals surface area contributed by atoms with E-state index < -0.39 is 28.0 Å². The van der Waals surface area contributed by atoms with Crippen LogP contribution < -0.4 is 10.5 Å². The van der Waals surface area contributed by atoms with E-state index in [1.165, 1.54) is 36.5 Å². The third-order valence-electron chi connectivity index (χ3n) is 3.67. The summed E-state index contributed by atoms with van der Waals surface area (Å²) in [5.74, 6) is -1.55. The predicted octanol–water partition coefficient (Wildman–Crippen LogP) is -0.253. The van der Waals surface area contributed by atoms with Crippen molar-refractivity contribution in [1.29, 1.82) is 0 Å². The average molecular weight is 372 g/mol. The number of primary amides is 1. The molecule has 9 nitrogen and oxygen atoms in total. The van der Waals surface area contributed by atoms with E-state index in [9.17, 15) is 18.0 Å². The molecule has 1 saturated heterocycles. The number of morpholine rings is 1. The van der Waals surface area contributed by atoms with Gasteiger partial charge in [0.2, 0.25) is 10.0 Å². The van der Waals surface area contributed by atoms with Crippen LogP contribution in [-0.2, 0) is 24.3 Å². The summed E-state index contributed by atoms with van der Waals surface area (Å²) in [4.78, 5) is 23.0. The standard InChI is InChI=1S/C15H20N2O7S/c1-10(14(16)18)24-15(19)11-3-4-12(22-2)13(9-11)25(20,21)17-5-7-23-8-6-17/h3-4,9-10H,5-8H2,1-2H3,(H2,16,18)/t10-/m0/s1. The van der Waals surface area contributed by atoms with Crippen molar-refractivity contribution in [3.63, 3.8) is 0 Å². The highest BCUT2D eigenvalue weighted by Crippen LogP contribution is 2.28. The molecule has 2 N–H and O–H groups in total. The number of nitrogens with two attached hydrogens (primary N) is 1. The Morgan fingerprint density at radius 1 is 1.28 bits per heavy atom. The van der Waals surface area contributed by atoms with Gasteiger partial charge in [-0.1, -0.05) is 0 Å². The molecule has 0 aliphatic carbocycles. The maximum absolute atomic E-state index is 12.8. The Bertz CT molecular complexity index is 757. The molecule has 1 aromatic rings. The van der Waals surface area contributed by atoms with Crippen molar-refractivity contribution in [2.24, 2.45) is 5.73 Å². The number of nitrogens with zero attached hydrogens (tertiary/aromatic N) is 1. The van der Waals surface area contributed by atoms with Gasteiger partial charge in [0.1, 0.15) is 10.6 Å². The fourth-order valence-electron chi connectivity index (χ4n) is 2.22. The maximum Gasteiger partial charge on any atom is 0.338 e. The summed E-state index contributed by atoms with van der Waals surface area (Å²) in [5.41, 5.74) is 5.03. The lowest BCUT2D eigenvalue weighted by Gasteiger charge is -2.26. The molecule has 1 atom stereocenters. The third-order valence-corrected chi connectivity index (χ3v) is 5.59. The molecule has 0 radical (unpaired) electrons. The molecule has 1 amide bonds. The fourth-order valence-corrected chi connectivity index (χ4v) is 3.81. The van der Waals surface area contributed by atoms with Crippen LogP contribution in [0, 0.1) is 0 Å². The van der Waals surface area contributed by atoms with Crippen LogP contribution in [-0.4, -0.2) is 64.1 Å². The molecule has 0 spiro atoms. The van der Waals surface area contributed by atoms with Gasteiger partial charge in [-0.3, -0.25) is 4.79 Å². The van der Waals surface area contributed by atoms with E-state index in [4.69, 9.17) is 19.9 Å². The Morgan fingerprint density at radius 3 is 2.48 bits per heavy atom. The van der Waals surface area contributed by atoms with Crippen LogP contribution >= 0.6 is 0 Å². The van der Waals surface area contributed by atoms with Crippen molar-refractivity contribution in [3.8, 4) is 5.75 Å². The summed E-state index contributed by atoms with van der Waals surface area (Å²) >= 11 is 0. The first kappa shape index (κ1) is 19.2. The summed E-state index contributed by atoms with van der Waals surface area (Å²) in [6.07, 6.45) is -1.13. The highest BCUT2D eigenvalue weighted by atomic mass is 32.2. The number of ether oxygens (including phenoxy) is 3. The molecule has 1 heterocycles. The van der Waals surface area contributed by atoms with Crippen molar-refractivity contribution in [3.05, 3.63) is 23.8 Å². The zero-order valence-corrected chi connectivity index (χ0v) is 14.7. The molecule has 2 rings (SSSR count). The zero-order valence-electron chi connectivity index (χ0n) is 13.9. The first-order chi connectivity index (χ1) is 11.8. The van der Waals surface area contributed by atoms with Gasteiger partial charge in [-0.05, 0) is 25.1 Å². The minimum Gasteiger partial charge on any atom is -0.495 e. The Labute approximate surface area is 145 Å². The quantitative estimate of drug-likeness (QED) is 0.682. The lowest BCUT2D eigenvalue weighted by Crippen LogP contribution is -2.40. The molecule has 10 heteroatoms. The molecule has 25 heavy (non-hydrogen) atoms. The van der Waals surface area contributed by atoms with Gasteiger partial charge in [0, 0.05) is 13.1 Å². The van der Waals surface area contributed by atoms with Gasteiger partial charge in [0.05, 0.1) is 25.9 Å². The number of methoxy groups -OCH3 is 1. The Balaban J connectivity index is 2.36. The van der Waals surface area contributed by atoms with Gasteiger partial charge in [-0.2, -0.15) is 4.31 Å². The molecule has 1 aliphatic heterocycles. The Kier molecular flexibility index (Phi) is 5.98. The first-order valence-electron chi connectivity index (χ1n) is 7.53. The minimum absolute atomic E-state index is 0.0271. The second-order valence-electron chi connectivity index (χ2n) is 5.33. The number of benzene rings is 1. The number of hydrogen-bond donors (Lipinski definition) is 1. The summed E-state index contributed by atoms with van der Waals surface area (Å²) < 4.78 is 42.1. The zero-order chi connectivity index (χ0) is 18.6. The molecule has 0 bridgehead atoms. The largest absolute Gasteiger partial charge is 0.495 e. The van der Waals surface area contributed by atoms with Crippen LogP contribution in [0.2, 0.25) is 0 Å². The molecule has 1 aromatic carbocycles. The van der Waals surface area contributed by atoms with Crippen molar-refractivity contribution < 1.29 is 32.2 Å². The summed E-state index contributed by atoms with van der Waals surface area (Å²) in [5, 5.41) is 0. The number of esters is 1. The number of sulfonamides is 1. The fraction of sp³-hybridized carbons (Fsp3) is 0.467. The molecule has 1 aliphatic rings. The van der Waals surface area contributed by atoms with Gasteiger partial charge >= 0.3 is 5.97 Å². The van der Waals surface area contributed by atoms with Crippen LogP contribution in [0.3, 0.4) is 0 Å². The smallest absolute Gasteiger partial charge is 0.338 e. The molecule has 0 saturated carbocycles. The first-order valence-corrected chi connectivity index (χ1v) is 8.97. The van der Waals surface area contributed by atoms with Crippen LogP contribution in [0.4, 0.5) is 0 Å². The van der Waals surface area contributed by atoms with Crippen molar-refractivity contribution in [2.45, 2.75) is 17.9 Å². The average Bonchev–Trinajstić information content (AvgIpc) is 2.61.